The Morgan fingerprint density at radius 3 is 2.39 bits per heavy atom. The van der Waals surface area contributed by atoms with Crippen molar-refractivity contribution in [3.63, 3.8) is 0 Å². The molecule has 2 atom stereocenters. The van der Waals surface area contributed by atoms with Gasteiger partial charge in [0, 0.05) is 0 Å². The largest absolute Gasteiger partial charge is 0.497 e. The number of carbonyl (C=O) groups is 2. The Kier molecular flexibility index (Phi) is 5.87. The predicted octanol–water partition coefficient (Wildman–Crippen LogP) is 1.34. The fourth-order valence-electron chi connectivity index (χ4n) is 1.36. The molecule has 0 radical (unpaired) electrons. The molecule has 0 aliphatic heterocycles. The Labute approximate surface area is 106 Å². The van der Waals surface area contributed by atoms with Gasteiger partial charge >= 0.3 is 0 Å². The van der Waals surface area contributed by atoms with Crippen molar-refractivity contribution in [2.45, 2.75) is 25.7 Å². The second-order valence-corrected chi connectivity index (χ2v) is 3.70. The quantitative estimate of drug-likeness (QED) is 0.653. The highest BCUT2D eigenvalue weighted by Crippen LogP contribution is 2.13. The van der Waals surface area contributed by atoms with Crippen LogP contribution in [0.5, 0.6) is 5.75 Å². The molecule has 0 aliphatic carbocycles. The van der Waals surface area contributed by atoms with Gasteiger partial charge in [0.05, 0.1) is 13.7 Å². The molecule has 1 rings (SSSR count). The van der Waals surface area contributed by atoms with Crippen molar-refractivity contribution in [2.24, 2.45) is 0 Å². The second-order valence-electron chi connectivity index (χ2n) is 3.70. The van der Waals surface area contributed by atoms with Gasteiger partial charge in [-0.15, -0.1) is 0 Å². The van der Waals surface area contributed by atoms with E-state index in [0.717, 1.165) is 11.3 Å². The minimum Gasteiger partial charge on any atom is -0.497 e. The average molecular weight is 252 g/mol. The highest BCUT2D eigenvalue weighted by molar-refractivity contribution is 5.57. The zero-order valence-corrected chi connectivity index (χ0v) is 10.4. The summed E-state index contributed by atoms with van der Waals surface area (Å²) in [5.74, 6) is 0.753. The van der Waals surface area contributed by atoms with E-state index in [0.29, 0.717) is 12.8 Å². The summed E-state index contributed by atoms with van der Waals surface area (Å²) in [4.78, 5) is 21.0. The van der Waals surface area contributed by atoms with Crippen LogP contribution in [-0.4, -0.2) is 32.1 Å². The maximum absolute atomic E-state index is 10.8. The van der Waals surface area contributed by atoms with Crippen LogP contribution in [0.3, 0.4) is 0 Å². The lowest BCUT2D eigenvalue weighted by Gasteiger charge is -2.17. The molecule has 18 heavy (non-hydrogen) atoms. The van der Waals surface area contributed by atoms with E-state index < -0.39 is 12.2 Å². The fraction of sp³-hybridized carbons (Fsp3) is 0.385. The molecule has 1 aromatic rings. The zero-order chi connectivity index (χ0) is 13.4. The van der Waals surface area contributed by atoms with Crippen LogP contribution < -0.4 is 4.74 Å². The molecule has 0 N–H and O–H groups in total. The Bertz CT molecular complexity index is 373. The van der Waals surface area contributed by atoms with Crippen LogP contribution >= 0.6 is 0 Å². The van der Waals surface area contributed by atoms with Crippen molar-refractivity contribution in [1.29, 1.82) is 0 Å². The number of methoxy groups -OCH3 is 1. The first-order valence-corrected chi connectivity index (χ1v) is 5.50. The van der Waals surface area contributed by atoms with Gasteiger partial charge in [-0.05, 0) is 24.6 Å². The van der Waals surface area contributed by atoms with E-state index in [9.17, 15) is 9.59 Å². The molecular weight excluding hydrogens is 236 g/mol. The second kappa shape index (κ2) is 7.45. The molecule has 5 nitrogen and oxygen atoms in total. The third-order valence-electron chi connectivity index (χ3n) is 2.47. The van der Waals surface area contributed by atoms with Crippen LogP contribution in [0.25, 0.3) is 0 Å². The van der Waals surface area contributed by atoms with Gasteiger partial charge in [-0.25, -0.2) is 0 Å². The van der Waals surface area contributed by atoms with Crippen LogP contribution in [-0.2, 0) is 25.7 Å². The first kappa shape index (κ1) is 14.2. The molecule has 0 unspecified atom stereocenters. The SMILES string of the molecule is COc1ccc(CO[C@H](C=O)[C@H](C)OC=O)cc1. The summed E-state index contributed by atoms with van der Waals surface area (Å²) < 4.78 is 15.1. The number of carbonyl (C=O) groups excluding carboxylic acids is 2. The lowest BCUT2D eigenvalue weighted by Crippen LogP contribution is -2.30. The molecule has 98 valence electrons. The molecule has 0 fully saturated rings. The minimum atomic E-state index is -0.766. The van der Waals surface area contributed by atoms with E-state index in [2.05, 4.69) is 4.74 Å². The van der Waals surface area contributed by atoms with Gasteiger partial charge in [-0.2, -0.15) is 0 Å². The number of aldehydes is 1. The standard InChI is InChI=1S/C13H16O5/c1-10(18-9-15)13(7-14)17-8-11-3-5-12(16-2)6-4-11/h3-7,9-10,13H,8H2,1-2H3/t10-,13+/m0/s1. The van der Waals surface area contributed by atoms with Gasteiger partial charge in [-0.3, -0.25) is 4.79 Å². The third kappa shape index (κ3) is 4.18. The molecule has 0 saturated carbocycles. The van der Waals surface area contributed by atoms with Gasteiger partial charge in [0.15, 0.2) is 6.29 Å². The lowest BCUT2D eigenvalue weighted by atomic mass is 10.2. The number of rotatable bonds is 8. The third-order valence-corrected chi connectivity index (χ3v) is 2.47. The Balaban J connectivity index is 2.51. The topological polar surface area (TPSA) is 61.8 Å². The smallest absolute Gasteiger partial charge is 0.293 e. The lowest BCUT2D eigenvalue weighted by molar-refractivity contribution is -0.145. The van der Waals surface area contributed by atoms with Crippen LogP contribution in [0.1, 0.15) is 12.5 Å². The summed E-state index contributed by atoms with van der Waals surface area (Å²) in [5, 5.41) is 0. The molecule has 0 amide bonds. The van der Waals surface area contributed by atoms with E-state index in [1.807, 2.05) is 12.1 Å². The van der Waals surface area contributed by atoms with Crippen molar-refractivity contribution < 1.29 is 23.8 Å². The van der Waals surface area contributed by atoms with Crippen molar-refractivity contribution in [3.05, 3.63) is 29.8 Å². The molecule has 1 aromatic carbocycles. The highest BCUT2D eigenvalue weighted by Gasteiger charge is 2.18. The molecule has 0 saturated heterocycles. The summed E-state index contributed by atoms with van der Waals surface area (Å²) in [6.45, 7) is 2.17. The van der Waals surface area contributed by atoms with E-state index in [4.69, 9.17) is 9.47 Å². The van der Waals surface area contributed by atoms with Crippen molar-refractivity contribution in [1.82, 2.24) is 0 Å². The summed E-state index contributed by atoms with van der Waals surface area (Å²) in [6.07, 6.45) is -0.743. The maximum Gasteiger partial charge on any atom is 0.293 e. The Hall–Kier alpha value is -1.88. The van der Waals surface area contributed by atoms with Crippen molar-refractivity contribution in [2.75, 3.05) is 7.11 Å². The fourth-order valence-corrected chi connectivity index (χ4v) is 1.36. The van der Waals surface area contributed by atoms with Gasteiger partial charge < -0.3 is 19.0 Å². The van der Waals surface area contributed by atoms with Crippen LogP contribution in [0.2, 0.25) is 0 Å². The Morgan fingerprint density at radius 1 is 1.22 bits per heavy atom. The van der Waals surface area contributed by atoms with Gasteiger partial charge in [0.1, 0.15) is 18.0 Å². The molecular formula is C13H16O5. The Morgan fingerprint density at radius 2 is 1.89 bits per heavy atom. The van der Waals surface area contributed by atoms with Gasteiger partial charge in [-0.1, -0.05) is 12.1 Å². The summed E-state index contributed by atoms with van der Waals surface area (Å²) in [7, 11) is 1.59. The first-order chi connectivity index (χ1) is 8.71. The van der Waals surface area contributed by atoms with Crippen LogP contribution in [0.15, 0.2) is 24.3 Å². The van der Waals surface area contributed by atoms with Crippen LogP contribution in [0, 0.1) is 0 Å². The molecule has 0 spiro atoms. The van der Waals surface area contributed by atoms with Gasteiger partial charge in [0.25, 0.3) is 6.47 Å². The highest BCUT2D eigenvalue weighted by atomic mass is 16.6. The normalized spacial score (nSPS) is 13.4. The molecule has 0 aliphatic rings. The monoisotopic (exact) mass is 252 g/mol. The van der Waals surface area contributed by atoms with E-state index in [-0.39, 0.29) is 6.61 Å². The summed E-state index contributed by atoms with van der Waals surface area (Å²) in [5.41, 5.74) is 0.904. The predicted molar refractivity (Wildman–Crippen MR) is 64.2 cm³/mol. The molecule has 0 heterocycles. The maximum atomic E-state index is 10.8. The number of benzene rings is 1. The zero-order valence-electron chi connectivity index (χ0n) is 10.4. The number of hydrogen-bond donors (Lipinski definition) is 0. The van der Waals surface area contributed by atoms with E-state index in [1.54, 1.807) is 26.2 Å². The molecule has 0 bridgehead atoms. The average Bonchev–Trinajstić information content (AvgIpc) is 2.40. The minimum absolute atomic E-state index is 0.264. The van der Waals surface area contributed by atoms with E-state index in [1.165, 1.54) is 0 Å². The number of hydrogen-bond acceptors (Lipinski definition) is 5. The molecule has 0 aromatic heterocycles. The first-order valence-electron chi connectivity index (χ1n) is 5.50. The van der Waals surface area contributed by atoms with Crippen molar-refractivity contribution in [3.8, 4) is 5.75 Å². The number of ether oxygens (including phenoxy) is 3. The van der Waals surface area contributed by atoms with Crippen LogP contribution in [0.4, 0.5) is 0 Å². The van der Waals surface area contributed by atoms with E-state index >= 15 is 0 Å². The summed E-state index contributed by atoms with van der Waals surface area (Å²) in [6, 6.07) is 7.29. The van der Waals surface area contributed by atoms with Gasteiger partial charge in [0.2, 0.25) is 0 Å². The molecule has 5 heteroatoms. The van der Waals surface area contributed by atoms with Crippen molar-refractivity contribution >= 4 is 12.8 Å². The summed E-state index contributed by atoms with van der Waals surface area (Å²) >= 11 is 0.